The van der Waals surface area contributed by atoms with Crippen LogP contribution in [0.2, 0.25) is 0 Å². The van der Waals surface area contributed by atoms with E-state index in [-0.39, 0.29) is 11.5 Å². The van der Waals surface area contributed by atoms with Crippen molar-refractivity contribution in [3.8, 4) is 0 Å². The fourth-order valence-corrected chi connectivity index (χ4v) is 3.43. The van der Waals surface area contributed by atoms with Gasteiger partial charge in [-0.3, -0.25) is 14.3 Å². The van der Waals surface area contributed by atoms with Crippen LogP contribution in [0, 0.1) is 6.92 Å². The van der Waals surface area contributed by atoms with E-state index in [0.29, 0.717) is 18.2 Å². The molecule has 2 aromatic rings. The van der Waals surface area contributed by atoms with E-state index in [1.807, 2.05) is 38.1 Å². The van der Waals surface area contributed by atoms with Crippen molar-refractivity contribution in [1.29, 1.82) is 0 Å². The van der Waals surface area contributed by atoms with Crippen molar-refractivity contribution in [2.24, 2.45) is 0 Å². The summed E-state index contributed by atoms with van der Waals surface area (Å²) in [6.45, 7) is 7.13. The predicted molar refractivity (Wildman–Crippen MR) is 125 cm³/mol. The molecule has 29 heavy (non-hydrogen) atoms. The van der Waals surface area contributed by atoms with Gasteiger partial charge in [-0.2, -0.15) is 0 Å². The monoisotopic (exact) mass is 417 g/mol. The third-order valence-corrected chi connectivity index (χ3v) is 5.04. The first-order valence-electron chi connectivity index (χ1n) is 10.2. The van der Waals surface area contributed by atoms with Crippen molar-refractivity contribution in [1.82, 2.24) is 9.55 Å². The van der Waals surface area contributed by atoms with Crippen molar-refractivity contribution in [2.75, 3.05) is 22.5 Å². The van der Waals surface area contributed by atoms with E-state index in [0.717, 1.165) is 43.4 Å². The smallest absolute Gasteiger partial charge is 0.330 e. The number of nitrogens with one attached hydrogen (secondary N) is 2. The molecule has 0 bridgehead atoms. The molecule has 7 nitrogen and oxygen atoms in total. The van der Waals surface area contributed by atoms with Crippen molar-refractivity contribution in [3.05, 3.63) is 50.7 Å². The van der Waals surface area contributed by atoms with Gasteiger partial charge in [-0.1, -0.05) is 45.2 Å². The molecule has 0 spiro atoms. The molecule has 0 aliphatic heterocycles. The van der Waals surface area contributed by atoms with Crippen LogP contribution in [0.5, 0.6) is 0 Å². The average molecular weight is 418 g/mol. The van der Waals surface area contributed by atoms with Crippen LogP contribution >= 0.6 is 12.2 Å². The minimum atomic E-state index is -0.523. The molecule has 0 fully saturated rings. The topological polar surface area (TPSA) is 96.2 Å². The summed E-state index contributed by atoms with van der Waals surface area (Å²) >= 11 is 5.63. The number of nitrogens with two attached hydrogens (primary N) is 1. The molecule has 0 saturated heterocycles. The van der Waals surface area contributed by atoms with Crippen LogP contribution in [0.1, 0.15) is 51.5 Å². The lowest BCUT2D eigenvalue weighted by molar-refractivity contribution is 0.604. The lowest BCUT2D eigenvalue weighted by Crippen LogP contribution is -2.43. The van der Waals surface area contributed by atoms with Crippen molar-refractivity contribution < 1.29 is 0 Å². The SMILES string of the molecule is CCCCCN(C(=S)Nc1cccc(C)c1)c1c(N)n(CCCC)c(=O)[nH]c1=O. The molecule has 0 radical (unpaired) electrons. The zero-order chi connectivity index (χ0) is 21.4. The number of thiocarbonyl (C=S) groups is 1. The first-order chi connectivity index (χ1) is 13.9. The van der Waals surface area contributed by atoms with Crippen LogP contribution in [0.15, 0.2) is 33.9 Å². The average Bonchev–Trinajstić information content (AvgIpc) is 2.66. The predicted octanol–water partition coefficient (Wildman–Crippen LogP) is 3.62. The van der Waals surface area contributed by atoms with Gasteiger partial charge in [0.25, 0.3) is 5.56 Å². The Balaban J connectivity index is 2.44. The van der Waals surface area contributed by atoms with Gasteiger partial charge in [0.1, 0.15) is 5.82 Å². The highest BCUT2D eigenvalue weighted by atomic mass is 32.1. The maximum absolute atomic E-state index is 12.7. The van der Waals surface area contributed by atoms with Gasteiger partial charge in [0.2, 0.25) is 0 Å². The van der Waals surface area contributed by atoms with Crippen LogP contribution < -0.4 is 27.2 Å². The quantitative estimate of drug-likeness (QED) is 0.426. The van der Waals surface area contributed by atoms with E-state index in [9.17, 15) is 9.59 Å². The molecule has 0 atom stereocenters. The first kappa shape index (κ1) is 22.7. The number of benzene rings is 1. The Hall–Kier alpha value is -2.61. The molecule has 1 heterocycles. The second kappa shape index (κ2) is 10.8. The maximum atomic E-state index is 12.7. The molecule has 0 amide bonds. The highest BCUT2D eigenvalue weighted by Gasteiger charge is 2.22. The minimum Gasteiger partial charge on any atom is -0.383 e. The lowest BCUT2D eigenvalue weighted by Gasteiger charge is -2.27. The van der Waals surface area contributed by atoms with Crippen LogP contribution in [0.4, 0.5) is 17.2 Å². The molecule has 4 N–H and O–H groups in total. The highest BCUT2D eigenvalue weighted by Crippen LogP contribution is 2.20. The van der Waals surface area contributed by atoms with E-state index in [2.05, 4.69) is 17.2 Å². The summed E-state index contributed by atoms with van der Waals surface area (Å²) in [4.78, 5) is 29.1. The number of anilines is 3. The molecular weight excluding hydrogens is 386 g/mol. The summed E-state index contributed by atoms with van der Waals surface area (Å²) in [6.07, 6.45) is 4.58. The molecule has 0 aliphatic carbocycles. The fourth-order valence-electron chi connectivity index (χ4n) is 3.13. The molecule has 0 saturated carbocycles. The Kier molecular flexibility index (Phi) is 8.45. The van der Waals surface area contributed by atoms with Crippen molar-refractivity contribution in [2.45, 2.75) is 59.4 Å². The molecular formula is C21H31N5O2S. The van der Waals surface area contributed by atoms with Gasteiger partial charge in [-0.05, 0) is 49.7 Å². The van der Waals surface area contributed by atoms with E-state index in [4.69, 9.17) is 18.0 Å². The van der Waals surface area contributed by atoms with Crippen LogP contribution in [0.25, 0.3) is 0 Å². The van der Waals surface area contributed by atoms with Crippen LogP contribution in [-0.2, 0) is 6.54 Å². The third-order valence-electron chi connectivity index (χ3n) is 4.72. The summed E-state index contributed by atoms with van der Waals surface area (Å²) in [6, 6.07) is 7.83. The number of unbranched alkanes of at least 4 members (excludes halogenated alkanes) is 3. The van der Waals surface area contributed by atoms with E-state index < -0.39 is 11.2 Å². The zero-order valence-corrected chi connectivity index (χ0v) is 18.3. The molecule has 158 valence electrons. The van der Waals surface area contributed by atoms with E-state index in [1.54, 1.807) is 4.90 Å². The Labute approximate surface area is 176 Å². The van der Waals surface area contributed by atoms with Gasteiger partial charge in [-0.15, -0.1) is 0 Å². The summed E-state index contributed by atoms with van der Waals surface area (Å²) in [5, 5.41) is 3.58. The number of nitrogens with zero attached hydrogens (tertiary/aromatic N) is 2. The van der Waals surface area contributed by atoms with Gasteiger partial charge in [0, 0.05) is 18.8 Å². The van der Waals surface area contributed by atoms with Crippen molar-refractivity contribution in [3.63, 3.8) is 0 Å². The Bertz CT molecular complexity index is 951. The number of hydrogen-bond donors (Lipinski definition) is 3. The Morgan fingerprint density at radius 2 is 1.93 bits per heavy atom. The minimum absolute atomic E-state index is 0.150. The Morgan fingerprint density at radius 3 is 2.59 bits per heavy atom. The number of aryl methyl sites for hydroxylation is 1. The number of hydrogen-bond acceptors (Lipinski definition) is 4. The zero-order valence-electron chi connectivity index (χ0n) is 17.5. The third kappa shape index (κ3) is 5.93. The standard InChI is InChI=1S/C21H31N5O2S/c1-4-6-8-13-25(21(29)23-16-11-9-10-15(3)14-16)17-18(22)26(12-7-5-2)20(28)24-19(17)27/h9-11,14H,4-8,12-13,22H2,1-3H3,(H,23,29)(H,24,27,28). The molecule has 0 aliphatic rings. The Morgan fingerprint density at radius 1 is 1.21 bits per heavy atom. The normalized spacial score (nSPS) is 10.7. The van der Waals surface area contributed by atoms with Gasteiger partial charge >= 0.3 is 5.69 Å². The van der Waals surface area contributed by atoms with E-state index in [1.165, 1.54) is 4.57 Å². The summed E-state index contributed by atoms with van der Waals surface area (Å²) in [7, 11) is 0. The summed E-state index contributed by atoms with van der Waals surface area (Å²) in [5.74, 6) is 0.150. The second-order valence-electron chi connectivity index (χ2n) is 7.16. The van der Waals surface area contributed by atoms with Gasteiger partial charge < -0.3 is 16.0 Å². The van der Waals surface area contributed by atoms with Crippen molar-refractivity contribution >= 4 is 34.5 Å². The molecule has 1 aromatic heterocycles. The van der Waals surface area contributed by atoms with Crippen LogP contribution in [-0.4, -0.2) is 21.2 Å². The maximum Gasteiger partial charge on any atom is 0.330 e. The molecule has 8 heteroatoms. The molecule has 1 aromatic carbocycles. The number of aromatic nitrogens is 2. The molecule has 0 unspecified atom stereocenters. The summed E-state index contributed by atoms with van der Waals surface area (Å²) < 4.78 is 1.42. The molecule has 2 rings (SSSR count). The second-order valence-corrected chi connectivity index (χ2v) is 7.54. The largest absolute Gasteiger partial charge is 0.383 e. The van der Waals surface area contributed by atoms with Gasteiger partial charge in [0.05, 0.1) is 0 Å². The highest BCUT2D eigenvalue weighted by molar-refractivity contribution is 7.80. The van der Waals surface area contributed by atoms with Gasteiger partial charge in [0.15, 0.2) is 10.8 Å². The van der Waals surface area contributed by atoms with Crippen LogP contribution in [0.3, 0.4) is 0 Å². The number of nitrogen functional groups attached to an aromatic ring is 1. The van der Waals surface area contributed by atoms with Gasteiger partial charge in [-0.25, -0.2) is 4.79 Å². The number of aromatic amines is 1. The summed E-state index contributed by atoms with van der Waals surface area (Å²) in [5.41, 5.74) is 7.45. The van der Waals surface area contributed by atoms with E-state index >= 15 is 0 Å². The fraction of sp³-hybridized carbons (Fsp3) is 0.476. The lowest BCUT2D eigenvalue weighted by atomic mass is 10.2. The number of H-pyrrole nitrogens is 1. The number of rotatable bonds is 9. The first-order valence-corrected chi connectivity index (χ1v) is 10.6.